The van der Waals surface area contributed by atoms with Crippen molar-refractivity contribution in [3.63, 3.8) is 0 Å². The number of hydrogen-bond acceptors (Lipinski definition) is 7. The van der Waals surface area contributed by atoms with Crippen LogP contribution in [0.4, 0.5) is 4.79 Å². The molecule has 3 atom stereocenters. The van der Waals surface area contributed by atoms with Crippen LogP contribution in [0.3, 0.4) is 0 Å². The fraction of sp³-hybridized carbons (Fsp3) is 0.556. The predicted molar refractivity (Wildman–Crippen MR) is 103 cm³/mol. The molecule has 0 saturated carbocycles. The molecule has 1 aromatic heterocycles. The summed E-state index contributed by atoms with van der Waals surface area (Å²) in [5.74, 6) is -2.29. The second kappa shape index (κ2) is 9.03. The molecule has 0 aliphatic carbocycles. The van der Waals surface area contributed by atoms with Crippen LogP contribution in [0.2, 0.25) is 0 Å². The van der Waals surface area contributed by atoms with Crippen LogP contribution in [0.15, 0.2) is 12.5 Å². The number of urea groups is 1. The van der Waals surface area contributed by atoms with Gasteiger partial charge in [-0.3, -0.25) is 34.3 Å². The number of rotatable bonds is 6. The second-order valence-electron chi connectivity index (χ2n) is 7.49. The number of imide groups is 2. The molecule has 3 heterocycles. The third kappa shape index (κ3) is 4.82. The van der Waals surface area contributed by atoms with Gasteiger partial charge in [-0.05, 0) is 26.4 Å². The molecule has 0 aromatic carbocycles. The predicted octanol–water partition coefficient (Wildman–Crippen LogP) is -1.89. The molecule has 2 aliphatic heterocycles. The molecule has 30 heavy (non-hydrogen) atoms. The highest BCUT2D eigenvalue weighted by Gasteiger charge is 2.36. The maximum absolute atomic E-state index is 12.8. The average molecular weight is 419 g/mol. The molecule has 4 N–H and O–H groups in total. The van der Waals surface area contributed by atoms with Crippen LogP contribution in [0.25, 0.3) is 0 Å². The quantitative estimate of drug-likeness (QED) is 0.420. The van der Waals surface area contributed by atoms with E-state index in [4.69, 9.17) is 0 Å². The van der Waals surface area contributed by atoms with Gasteiger partial charge in [0.05, 0.1) is 18.8 Å². The number of imidazole rings is 1. The number of aromatic nitrogens is 2. The topological polar surface area (TPSA) is 157 Å². The van der Waals surface area contributed by atoms with Gasteiger partial charge < -0.3 is 15.6 Å². The van der Waals surface area contributed by atoms with Gasteiger partial charge in [0.2, 0.25) is 23.6 Å². The Bertz CT molecular complexity index is 822. The molecule has 3 rings (SSSR count). The van der Waals surface area contributed by atoms with E-state index in [2.05, 4.69) is 25.9 Å². The first-order valence-electron chi connectivity index (χ1n) is 9.66. The minimum Gasteiger partial charge on any atom is -0.348 e. The van der Waals surface area contributed by atoms with Crippen molar-refractivity contribution in [2.24, 2.45) is 0 Å². The number of likely N-dealkylation sites (tertiary alicyclic amines) is 1. The van der Waals surface area contributed by atoms with Crippen molar-refractivity contribution in [1.82, 2.24) is 35.7 Å². The largest absolute Gasteiger partial charge is 0.348 e. The molecule has 1 aromatic rings. The normalized spacial score (nSPS) is 23.1. The van der Waals surface area contributed by atoms with E-state index in [1.807, 2.05) is 11.9 Å². The highest BCUT2D eigenvalue weighted by atomic mass is 16.2. The number of hydrogen-bond donors (Lipinski definition) is 4. The summed E-state index contributed by atoms with van der Waals surface area (Å²) < 4.78 is 0. The van der Waals surface area contributed by atoms with Gasteiger partial charge in [-0.25, -0.2) is 9.78 Å². The van der Waals surface area contributed by atoms with Crippen molar-refractivity contribution in [2.75, 3.05) is 20.6 Å². The number of aromatic amines is 1. The molecule has 0 spiro atoms. The zero-order chi connectivity index (χ0) is 21.8. The zero-order valence-corrected chi connectivity index (χ0v) is 16.8. The zero-order valence-electron chi connectivity index (χ0n) is 16.8. The number of likely N-dealkylation sites (N-methyl/N-ethyl adjacent to an activating group) is 1. The smallest absolute Gasteiger partial charge is 0.324 e. The summed E-state index contributed by atoms with van der Waals surface area (Å²) in [4.78, 5) is 71.0. The first kappa shape index (κ1) is 21.4. The Labute approximate surface area is 172 Å². The van der Waals surface area contributed by atoms with Crippen molar-refractivity contribution >= 4 is 29.7 Å². The summed E-state index contributed by atoms with van der Waals surface area (Å²) in [7, 11) is 3.12. The Kier molecular flexibility index (Phi) is 6.45. The molecular formula is C18H25N7O5. The van der Waals surface area contributed by atoms with E-state index in [1.165, 1.54) is 19.6 Å². The molecule has 2 saturated heterocycles. The Morgan fingerprint density at radius 2 is 2.03 bits per heavy atom. The summed E-state index contributed by atoms with van der Waals surface area (Å²) in [6, 6.07) is -3.29. The summed E-state index contributed by atoms with van der Waals surface area (Å²) in [6.45, 7) is 0.768. The Balaban J connectivity index is 1.68. The van der Waals surface area contributed by atoms with Crippen LogP contribution < -0.4 is 16.0 Å². The van der Waals surface area contributed by atoms with Gasteiger partial charge in [0, 0.05) is 25.4 Å². The van der Waals surface area contributed by atoms with Crippen LogP contribution in [-0.2, 0) is 25.6 Å². The van der Waals surface area contributed by atoms with Gasteiger partial charge in [0.1, 0.15) is 12.1 Å². The van der Waals surface area contributed by atoms with Crippen LogP contribution >= 0.6 is 0 Å². The third-order valence-electron chi connectivity index (χ3n) is 5.35. The average Bonchev–Trinajstić information content (AvgIpc) is 3.36. The monoisotopic (exact) mass is 419 g/mol. The number of nitrogens with one attached hydrogen (secondary N) is 4. The minimum absolute atomic E-state index is 0.0554. The van der Waals surface area contributed by atoms with E-state index in [0.29, 0.717) is 12.1 Å². The highest BCUT2D eigenvalue weighted by molar-refractivity contribution is 6.04. The molecule has 0 radical (unpaired) electrons. The van der Waals surface area contributed by atoms with Gasteiger partial charge in [0.25, 0.3) is 0 Å². The van der Waals surface area contributed by atoms with Crippen LogP contribution in [0.5, 0.6) is 0 Å². The first-order chi connectivity index (χ1) is 14.3. The molecule has 0 unspecified atom stereocenters. The summed E-state index contributed by atoms with van der Waals surface area (Å²) >= 11 is 0. The van der Waals surface area contributed by atoms with Gasteiger partial charge >= 0.3 is 6.03 Å². The van der Waals surface area contributed by atoms with E-state index >= 15 is 0 Å². The fourth-order valence-corrected chi connectivity index (χ4v) is 3.51. The minimum atomic E-state index is -1.10. The molecule has 12 heteroatoms. The van der Waals surface area contributed by atoms with Gasteiger partial charge in [-0.15, -0.1) is 0 Å². The first-order valence-corrected chi connectivity index (χ1v) is 9.66. The van der Waals surface area contributed by atoms with Crippen molar-refractivity contribution < 1.29 is 24.0 Å². The van der Waals surface area contributed by atoms with Crippen molar-refractivity contribution in [1.29, 1.82) is 0 Å². The van der Waals surface area contributed by atoms with E-state index in [9.17, 15) is 24.0 Å². The maximum Gasteiger partial charge on any atom is 0.324 e. The standard InChI is InChI=1S/C18H25N7O5/c1-24-5-3-4-13(24)17(29)23-16(28)11(6-10-8-19-9-20-10)21-15(27)12-7-14(26)25(2)18(30)22-12/h8-9,11-13H,3-7H2,1-2H3,(H,19,20)(H,21,27)(H,22,30)(H,23,28,29)/t11-,12-,13-/m0/s1. The van der Waals surface area contributed by atoms with Crippen LogP contribution in [0.1, 0.15) is 25.0 Å². The van der Waals surface area contributed by atoms with E-state index in [1.54, 1.807) is 0 Å². The fourth-order valence-electron chi connectivity index (χ4n) is 3.51. The van der Waals surface area contributed by atoms with Crippen LogP contribution in [0, 0.1) is 0 Å². The molecule has 6 amide bonds. The SMILES string of the molecule is CN1C(=O)C[C@@H](C(=O)N[C@@H](Cc2cnc[nH]2)C(=O)NC(=O)[C@@H]2CCCN2C)NC1=O. The van der Waals surface area contributed by atoms with E-state index < -0.39 is 47.8 Å². The highest BCUT2D eigenvalue weighted by Crippen LogP contribution is 2.14. The molecule has 0 bridgehead atoms. The number of H-pyrrole nitrogens is 1. The summed E-state index contributed by atoms with van der Waals surface area (Å²) in [5.41, 5.74) is 0.573. The Morgan fingerprint density at radius 3 is 2.63 bits per heavy atom. The molecule has 162 valence electrons. The van der Waals surface area contributed by atoms with Gasteiger partial charge in [0.15, 0.2) is 0 Å². The summed E-state index contributed by atoms with van der Waals surface area (Å²) in [5, 5.41) is 7.32. The molecule has 2 aliphatic rings. The van der Waals surface area contributed by atoms with Crippen molar-refractivity contribution in [2.45, 2.75) is 43.8 Å². The van der Waals surface area contributed by atoms with E-state index in [0.717, 1.165) is 17.9 Å². The number of amides is 6. The molecular weight excluding hydrogens is 394 g/mol. The number of carbonyl (C=O) groups excluding carboxylic acids is 5. The van der Waals surface area contributed by atoms with Crippen molar-refractivity contribution in [3.05, 3.63) is 18.2 Å². The lowest BCUT2D eigenvalue weighted by Crippen LogP contribution is -2.61. The maximum atomic E-state index is 12.8. The summed E-state index contributed by atoms with van der Waals surface area (Å²) in [6.07, 6.45) is 4.27. The number of carbonyl (C=O) groups is 5. The lowest BCUT2D eigenvalue weighted by molar-refractivity contribution is -0.137. The van der Waals surface area contributed by atoms with Gasteiger partial charge in [-0.1, -0.05) is 0 Å². The Morgan fingerprint density at radius 1 is 1.27 bits per heavy atom. The lowest BCUT2D eigenvalue weighted by atomic mass is 10.1. The molecule has 2 fully saturated rings. The van der Waals surface area contributed by atoms with Gasteiger partial charge in [-0.2, -0.15) is 0 Å². The van der Waals surface area contributed by atoms with Crippen LogP contribution in [-0.4, -0.2) is 88.2 Å². The van der Waals surface area contributed by atoms with E-state index in [-0.39, 0.29) is 12.8 Å². The molecule has 12 nitrogen and oxygen atoms in total. The van der Waals surface area contributed by atoms with Crippen molar-refractivity contribution in [3.8, 4) is 0 Å². The third-order valence-corrected chi connectivity index (χ3v) is 5.35. The Hall–Kier alpha value is -3.28. The second-order valence-corrected chi connectivity index (χ2v) is 7.49. The lowest BCUT2D eigenvalue weighted by Gasteiger charge is -2.29. The number of nitrogens with zero attached hydrogens (tertiary/aromatic N) is 3.